The van der Waals surface area contributed by atoms with Gasteiger partial charge >= 0.3 is 171 Å². The van der Waals surface area contributed by atoms with E-state index in [1.165, 1.54) is 33.4 Å². The van der Waals surface area contributed by atoms with Crippen LogP contribution in [0.25, 0.3) is 0 Å². The van der Waals surface area contributed by atoms with Crippen molar-refractivity contribution in [2.24, 2.45) is 11.5 Å². The van der Waals surface area contributed by atoms with Crippen LogP contribution in [0.3, 0.4) is 0 Å². The topological polar surface area (TPSA) is 55.3 Å². The molecular formula is C20H28Cl2N3Os. The van der Waals surface area contributed by atoms with E-state index in [-0.39, 0.29) is 12.1 Å². The molecule has 0 aliphatic rings. The molecule has 4 N–H and O–H groups in total. The van der Waals surface area contributed by atoms with E-state index >= 15 is 0 Å². The number of hydrogen-bond acceptors (Lipinski definition) is 3. The molecular weight excluding hydrogens is 543 g/mol. The van der Waals surface area contributed by atoms with Crippen LogP contribution in [-0.2, 0) is 14.5 Å². The van der Waals surface area contributed by atoms with E-state index in [0.29, 0.717) is 13.1 Å². The Kier molecular flexibility index (Phi) is 8.10. The van der Waals surface area contributed by atoms with Crippen LogP contribution in [0.5, 0.6) is 0 Å². The van der Waals surface area contributed by atoms with E-state index in [2.05, 4.69) is 67.7 Å². The molecule has 0 aliphatic heterocycles. The Morgan fingerprint density at radius 1 is 0.769 bits per heavy atom. The Balaban J connectivity index is 2.19. The van der Waals surface area contributed by atoms with E-state index in [4.69, 9.17) is 30.7 Å². The summed E-state index contributed by atoms with van der Waals surface area (Å²) in [6.45, 7) is 9.61. The van der Waals surface area contributed by atoms with Crippen LogP contribution in [0.4, 0.5) is 0 Å². The summed E-state index contributed by atoms with van der Waals surface area (Å²) < 4.78 is 2.12. The molecule has 2 unspecified atom stereocenters. The van der Waals surface area contributed by atoms with Gasteiger partial charge in [-0.3, -0.25) is 0 Å². The van der Waals surface area contributed by atoms with Crippen molar-refractivity contribution in [3.8, 4) is 0 Å². The molecule has 0 fully saturated rings. The standard InChI is InChI=1S/C20H28N3.2ClH.Os/c1-13-7-5-8-14(2)19(13)17(21)11-23-12-18(22)20-15(3)9-6-10-16(20)4;;;/h5-10,17-18H,11-12,21-22H2,1-4H3;2*1H;/q-1;;;+3/p-2. The molecule has 26 heavy (non-hydrogen) atoms. The van der Waals surface area contributed by atoms with Gasteiger partial charge in [-0.25, -0.2) is 0 Å². The van der Waals surface area contributed by atoms with Gasteiger partial charge in [-0.1, -0.05) is 0 Å². The van der Waals surface area contributed by atoms with Gasteiger partial charge in [0.2, 0.25) is 0 Å². The number of aryl methyl sites for hydroxylation is 4. The second-order valence-corrected chi connectivity index (χ2v) is 14.9. The number of hydrogen-bond donors (Lipinski definition) is 2. The minimum absolute atomic E-state index is 0.135. The summed E-state index contributed by atoms with van der Waals surface area (Å²) in [5.41, 5.74) is 20.2. The first kappa shape index (κ1) is 21.8. The third-order valence-electron chi connectivity index (χ3n) is 4.78. The Bertz CT molecular complexity index is 652. The van der Waals surface area contributed by atoms with Crippen LogP contribution in [0.15, 0.2) is 36.4 Å². The fraction of sp³-hybridized carbons (Fsp3) is 0.400. The van der Waals surface area contributed by atoms with E-state index < -0.39 is 14.5 Å². The predicted octanol–water partition coefficient (Wildman–Crippen LogP) is 4.76. The summed E-state index contributed by atoms with van der Waals surface area (Å²) in [6.07, 6.45) is 0. The van der Waals surface area contributed by atoms with Crippen molar-refractivity contribution >= 4 is 19.3 Å². The van der Waals surface area contributed by atoms with Crippen LogP contribution in [-0.4, -0.2) is 16.7 Å². The first-order valence-electron chi connectivity index (χ1n) is 8.61. The van der Waals surface area contributed by atoms with Crippen molar-refractivity contribution in [2.45, 2.75) is 39.8 Å². The van der Waals surface area contributed by atoms with Crippen molar-refractivity contribution in [1.82, 2.24) is 3.61 Å². The van der Waals surface area contributed by atoms with Crippen molar-refractivity contribution in [3.05, 3.63) is 69.8 Å². The predicted molar refractivity (Wildman–Crippen MR) is 109 cm³/mol. The molecule has 2 rings (SSSR count). The Hall–Kier alpha value is -0.464. The van der Waals surface area contributed by atoms with E-state index in [9.17, 15) is 0 Å². The summed E-state index contributed by atoms with van der Waals surface area (Å²) >= 11 is -2.47. The third-order valence-corrected chi connectivity index (χ3v) is 9.68. The van der Waals surface area contributed by atoms with Gasteiger partial charge in [0.1, 0.15) is 0 Å². The van der Waals surface area contributed by atoms with Gasteiger partial charge in [0, 0.05) is 0 Å². The third kappa shape index (κ3) is 5.29. The minimum atomic E-state index is -2.47. The van der Waals surface area contributed by atoms with E-state index in [1.807, 2.05) is 0 Å². The number of nitrogens with zero attached hydrogens (tertiary/aromatic N) is 1. The molecule has 2 atom stereocenters. The zero-order chi connectivity index (χ0) is 19.4. The van der Waals surface area contributed by atoms with Gasteiger partial charge in [0.25, 0.3) is 0 Å². The summed E-state index contributed by atoms with van der Waals surface area (Å²) in [4.78, 5) is 0. The van der Waals surface area contributed by atoms with Gasteiger partial charge in [0.15, 0.2) is 0 Å². The number of halogens is 2. The maximum atomic E-state index is 6.54. The normalized spacial score (nSPS) is 14.4. The van der Waals surface area contributed by atoms with Crippen LogP contribution in [0, 0.1) is 27.7 Å². The average molecular weight is 572 g/mol. The summed E-state index contributed by atoms with van der Waals surface area (Å²) in [7, 11) is 12.8. The van der Waals surface area contributed by atoms with Crippen LogP contribution in [0.1, 0.15) is 45.5 Å². The SMILES string of the molecule is Cc1cccc(C)c1C(N)C[N](CC(N)c1c(C)cccc1C)[Os]([Cl])[Cl]. The van der Waals surface area contributed by atoms with Gasteiger partial charge in [0.05, 0.1) is 0 Å². The second kappa shape index (κ2) is 9.65. The quantitative estimate of drug-likeness (QED) is 0.504. The molecule has 2 aromatic carbocycles. The summed E-state index contributed by atoms with van der Waals surface area (Å²) in [6, 6.07) is 12.2. The molecule has 6 heteroatoms. The number of benzene rings is 2. The molecule has 0 radical (unpaired) electrons. The average Bonchev–Trinajstić information content (AvgIpc) is 2.53. The summed E-state index contributed by atoms with van der Waals surface area (Å²) in [5.74, 6) is 0. The van der Waals surface area contributed by atoms with Gasteiger partial charge in [-0.15, -0.1) is 0 Å². The molecule has 0 aromatic heterocycles. The Morgan fingerprint density at radius 2 is 1.08 bits per heavy atom. The van der Waals surface area contributed by atoms with Crippen molar-refractivity contribution in [1.29, 1.82) is 0 Å². The maximum absolute atomic E-state index is 6.54. The van der Waals surface area contributed by atoms with Gasteiger partial charge < -0.3 is 0 Å². The Labute approximate surface area is 171 Å². The van der Waals surface area contributed by atoms with Crippen molar-refractivity contribution < 1.29 is 14.5 Å². The number of rotatable bonds is 7. The monoisotopic (exact) mass is 572 g/mol. The van der Waals surface area contributed by atoms with Gasteiger partial charge in [-0.05, 0) is 0 Å². The summed E-state index contributed by atoms with van der Waals surface area (Å²) in [5, 5.41) is 0. The van der Waals surface area contributed by atoms with Crippen LogP contribution in [0.2, 0.25) is 0 Å². The molecule has 0 bridgehead atoms. The zero-order valence-corrected chi connectivity index (χ0v) is 19.8. The molecule has 0 amide bonds. The zero-order valence-electron chi connectivity index (χ0n) is 15.7. The molecule has 0 heterocycles. The van der Waals surface area contributed by atoms with E-state index in [1.54, 1.807) is 0 Å². The fourth-order valence-corrected chi connectivity index (χ4v) is 6.89. The molecule has 145 valence electrons. The Morgan fingerprint density at radius 3 is 1.35 bits per heavy atom. The second-order valence-electron chi connectivity index (χ2n) is 6.81. The molecule has 3 nitrogen and oxygen atoms in total. The number of nitrogens with two attached hydrogens (primary N) is 2. The first-order chi connectivity index (χ1) is 12.2. The molecule has 0 spiro atoms. The fourth-order valence-electron chi connectivity index (χ4n) is 3.60. The van der Waals surface area contributed by atoms with Gasteiger partial charge in [-0.2, -0.15) is 0 Å². The van der Waals surface area contributed by atoms with Crippen molar-refractivity contribution in [2.75, 3.05) is 13.1 Å². The van der Waals surface area contributed by atoms with Crippen molar-refractivity contribution in [3.63, 3.8) is 0 Å². The molecule has 0 saturated heterocycles. The van der Waals surface area contributed by atoms with Crippen LogP contribution < -0.4 is 11.5 Å². The van der Waals surface area contributed by atoms with E-state index in [0.717, 1.165) is 0 Å². The molecule has 2 aromatic rings. The first-order valence-corrected chi connectivity index (χ1v) is 16.0. The van der Waals surface area contributed by atoms with Crippen LogP contribution >= 0.6 is 19.3 Å². The molecule has 0 aliphatic carbocycles. The molecule has 0 saturated carbocycles.